The Kier molecular flexibility index (Phi) is 7.75. The Morgan fingerprint density at radius 1 is 1.07 bits per heavy atom. The van der Waals surface area contributed by atoms with Crippen LogP contribution in [0.1, 0.15) is 12.8 Å². The molecule has 0 radical (unpaired) electrons. The van der Waals surface area contributed by atoms with E-state index >= 15 is 0 Å². The van der Waals surface area contributed by atoms with Crippen LogP contribution in [0.2, 0.25) is 0 Å². The van der Waals surface area contributed by atoms with Crippen LogP contribution in [0.25, 0.3) is 0 Å². The maximum atomic E-state index is 12.3. The summed E-state index contributed by atoms with van der Waals surface area (Å²) >= 11 is 0. The average molecular weight is 385 g/mol. The van der Waals surface area contributed by atoms with Gasteiger partial charge in [0.15, 0.2) is 5.96 Å². The van der Waals surface area contributed by atoms with E-state index < -0.39 is 12.6 Å². The molecule has 1 fully saturated rings. The summed E-state index contributed by atoms with van der Waals surface area (Å²) in [6.45, 7) is 2.95. The second kappa shape index (κ2) is 10.0. The molecular formula is C18H26F3N5O. The predicted molar refractivity (Wildman–Crippen MR) is 99.9 cm³/mol. The fourth-order valence-corrected chi connectivity index (χ4v) is 2.84. The molecule has 0 unspecified atom stereocenters. The number of anilines is 1. The lowest BCUT2D eigenvalue weighted by molar-refractivity contribution is -0.133. The summed E-state index contributed by atoms with van der Waals surface area (Å²) in [6, 6.07) is 10.1. The van der Waals surface area contributed by atoms with Gasteiger partial charge in [-0.25, -0.2) is 0 Å². The summed E-state index contributed by atoms with van der Waals surface area (Å²) in [5.74, 6) is 0.293. The van der Waals surface area contributed by atoms with Crippen molar-refractivity contribution in [2.24, 2.45) is 4.99 Å². The SMILES string of the molecule is CN=C(NCCC(=O)N1CCN(c2ccccc2)CC1)NCCC(F)(F)F. The summed E-state index contributed by atoms with van der Waals surface area (Å²) in [5.41, 5.74) is 1.15. The van der Waals surface area contributed by atoms with Gasteiger partial charge in [-0.1, -0.05) is 18.2 Å². The van der Waals surface area contributed by atoms with Crippen LogP contribution in [0.15, 0.2) is 35.3 Å². The number of aliphatic imine (C=N–C) groups is 1. The number of para-hydroxylation sites is 1. The van der Waals surface area contributed by atoms with Crippen LogP contribution in [0.3, 0.4) is 0 Å². The van der Waals surface area contributed by atoms with Gasteiger partial charge in [-0.2, -0.15) is 13.2 Å². The van der Waals surface area contributed by atoms with E-state index in [1.165, 1.54) is 7.05 Å². The van der Waals surface area contributed by atoms with E-state index in [0.29, 0.717) is 19.6 Å². The Bertz CT molecular complexity index is 613. The van der Waals surface area contributed by atoms with E-state index in [4.69, 9.17) is 0 Å². The first kappa shape index (κ1) is 20.9. The molecule has 0 atom stereocenters. The van der Waals surface area contributed by atoms with Crippen LogP contribution >= 0.6 is 0 Å². The van der Waals surface area contributed by atoms with Crippen molar-refractivity contribution < 1.29 is 18.0 Å². The number of nitrogens with zero attached hydrogens (tertiary/aromatic N) is 3. The lowest BCUT2D eigenvalue weighted by Gasteiger charge is -2.36. The van der Waals surface area contributed by atoms with E-state index in [-0.39, 0.29) is 24.8 Å². The number of nitrogens with one attached hydrogen (secondary N) is 2. The lowest BCUT2D eigenvalue weighted by atomic mass is 10.2. The fourth-order valence-electron chi connectivity index (χ4n) is 2.84. The number of hydrogen-bond acceptors (Lipinski definition) is 3. The quantitative estimate of drug-likeness (QED) is 0.580. The minimum absolute atomic E-state index is 0.0287. The van der Waals surface area contributed by atoms with Crippen LogP contribution < -0.4 is 15.5 Å². The monoisotopic (exact) mass is 385 g/mol. The van der Waals surface area contributed by atoms with E-state index in [2.05, 4.69) is 32.7 Å². The molecule has 0 spiro atoms. The number of carbonyl (C=O) groups excluding carboxylic acids is 1. The van der Waals surface area contributed by atoms with E-state index in [9.17, 15) is 18.0 Å². The van der Waals surface area contributed by atoms with Gasteiger partial charge in [0, 0.05) is 58.4 Å². The minimum Gasteiger partial charge on any atom is -0.368 e. The van der Waals surface area contributed by atoms with Gasteiger partial charge in [0.25, 0.3) is 0 Å². The summed E-state index contributed by atoms with van der Waals surface area (Å²) in [4.78, 5) is 20.2. The molecule has 9 heteroatoms. The van der Waals surface area contributed by atoms with Gasteiger partial charge in [-0.3, -0.25) is 9.79 Å². The van der Waals surface area contributed by atoms with Crippen LogP contribution in [0, 0.1) is 0 Å². The molecule has 2 rings (SSSR count). The number of alkyl halides is 3. The molecule has 0 aliphatic carbocycles. The van der Waals surface area contributed by atoms with Crippen LogP contribution in [-0.4, -0.2) is 69.3 Å². The second-order valence-corrected chi connectivity index (χ2v) is 6.24. The largest absolute Gasteiger partial charge is 0.390 e. The van der Waals surface area contributed by atoms with E-state index in [1.807, 2.05) is 23.1 Å². The highest BCUT2D eigenvalue weighted by Crippen LogP contribution is 2.18. The average Bonchev–Trinajstić information content (AvgIpc) is 2.66. The first-order valence-corrected chi connectivity index (χ1v) is 8.98. The van der Waals surface area contributed by atoms with Crippen molar-refractivity contribution in [3.63, 3.8) is 0 Å². The van der Waals surface area contributed by atoms with Gasteiger partial charge in [0.2, 0.25) is 5.91 Å². The zero-order valence-electron chi connectivity index (χ0n) is 15.4. The predicted octanol–water partition coefficient (Wildman–Crippen LogP) is 1.84. The molecule has 27 heavy (non-hydrogen) atoms. The molecule has 0 saturated carbocycles. The van der Waals surface area contributed by atoms with Crippen molar-refractivity contribution in [2.45, 2.75) is 19.0 Å². The first-order chi connectivity index (χ1) is 12.9. The van der Waals surface area contributed by atoms with E-state index in [0.717, 1.165) is 18.8 Å². The van der Waals surface area contributed by atoms with Gasteiger partial charge in [-0.05, 0) is 12.1 Å². The number of amides is 1. The third-order valence-corrected chi connectivity index (χ3v) is 4.31. The second-order valence-electron chi connectivity index (χ2n) is 6.24. The van der Waals surface area contributed by atoms with Crippen molar-refractivity contribution in [3.05, 3.63) is 30.3 Å². The maximum Gasteiger partial charge on any atom is 0.390 e. The molecule has 1 amide bonds. The lowest BCUT2D eigenvalue weighted by Crippen LogP contribution is -2.49. The van der Waals surface area contributed by atoms with Crippen molar-refractivity contribution in [1.82, 2.24) is 15.5 Å². The highest BCUT2D eigenvalue weighted by molar-refractivity contribution is 5.81. The highest BCUT2D eigenvalue weighted by Gasteiger charge is 2.26. The van der Waals surface area contributed by atoms with Gasteiger partial charge < -0.3 is 20.4 Å². The van der Waals surface area contributed by atoms with Gasteiger partial charge in [0.1, 0.15) is 0 Å². The maximum absolute atomic E-state index is 12.3. The third kappa shape index (κ3) is 7.36. The molecule has 1 aromatic rings. The number of benzene rings is 1. The molecule has 150 valence electrons. The molecule has 6 nitrogen and oxygen atoms in total. The number of hydrogen-bond donors (Lipinski definition) is 2. The molecule has 1 aliphatic heterocycles. The molecule has 1 aromatic carbocycles. The third-order valence-electron chi connectivity index (χ3n) is 4.31. The number of guanidine groups is 1. The van der Waals surface area contributed by atoms with Crippen molar-refractivity contribution in [1.29, 1.82) is 0 Å². The summed E-state index contributed by atoms with van der Waals surface area (Å²) in [5, 5.41) is 5.46. The molecule has 2 N–H and O–H groups in total. The summed E-state index contributed by atoms with van der Waals surface area (Å²) in [6.07, 6.45) is -4.87. The van der Waals surface area contributed by atoms with Gasteiger partial charge in [-0.15, -0.1) is 0 Å². The molecule has 1 aliphatic rings. The summed E-state index contributed by atoms with van der Waals surface area (Å²) in [7, 11) is 1.48. The Balaban J connectivity index is 1.66. The van der Waals surface area contributed by atoms with Crippen LogP contribution in [0.4, 0.5) is 18.9 Å². The summed E-state index contributed by atoms with van der Waals surface area (Å²) < 4.78 is 36.5. The van der Waals surface area contributed by atoms with Gasteiger partial charge >= 0.3 is 6.18 Å². The van der Waals surface area contributed by atoms with E-state index in [1.54, 1.807) is 0 Å². The Labute approximate surface area is 157 Å². The molecule has 1 heterocycles. The highest BCUT2D eigenvalue weighted by atomic mass is 19.4. The van der Waals surface area contributed by atoms with Crippen molar-refractivity contribution >= 4 is 17.6 Å². The molecule has 0 bridgehead atoms. The van der Waals surface area contributed by atoms with Crippen molar-refractivity contribution in [2.75, 3.05) is 51.2 Å². The minimum atomic E-state index is -4.20. The number of carbonyl (C=O) groups is 1. The number of piperazine rings is 1. The Morgan fingerprint density at radius 2 is 1.70 bits per heavy atom. The first-order valence-electron chi connectivity index (χ1n) is 8.98. The number of rotatable bonds is 6. The van der Waals surface area contributed by atoms with Crippen LogP contribution in [-0.2, 0) is 4.79 Å². The molecular weight excluding hydrogens is 359 g/mol. The van der Waals surface area contributed by atoms with Crippen LogP contribution in [0.5, 0.6) is 0 Å². The molecule has 1 saturated heterocycles. The van der Waals surface area contributed by atoms with Gasteiger partial charge in [0.05, 0.1) is 6.42 Å². The smallest absolute Gasteiger partial charge is 0.368 e. The Morgan fingerprint density at radius 3 is 2.30 bits per heavy atom. The zero-order valence-corrected chi connectivity index (χ0v) is 15.4. The standard InChI is InChI=1S/C18H26F3N5O/c1-22-17(24-10-8-18(19,20)21)23-9-7-16(27)26-13-11-25(12-14-26)15-5-3-2-4-6-15/h2-6H,7-14H2,1H3,(H2,22,23,24). The normalized spacial score (nSPS) is 15.6. The fraction of sp³-hybridized carbons (Fsp3) is 0.556. The van der Waals surface area contributed by atoms with Crippen molar-refractivity contribution in [3.8, 4) is 0 Å². The topological polar surface area (TPSA) is 60.0 Å². The molecule has 0 aromatic heterocycles. The Hall–Kier alpha value is -2.45. The zero-order chi connectivity index (χ0) is 19.7. The number of halogens is 3.